The van der Waals surface area contributed by atoms with Crippen LogP contribution >= 0.6 is 15.9 Å². The predicted octanol–water partition coefficient (Wildman–Crippen LogP) is 3.27. The molecule has 1 saturated carbocycles. The zero-order chi connectivity index (χ0) is 14.3. The summed E-state index contributed by atoms with van der Waals surface area (Å²) in [5.74, 6) is -0.335. The first-order valence-corrected chi connectivity index (χ1v) is 7.76. The van der Waals surface area contributed by atoms with Crippen LogP contribution in [0.5, 0.6) is 0 Å². The van der Waals surface area contributed by atoms with E-state index in [0.29, 0.717) is 18.0 Å². The Hall–Kier alpha value is -0.940. The Morgan fingerprint density at radius 2 is 2.25 bits per heavy atom. The molecule has 0 radical (unpaired) electrons. The van der Waals surface area contributed by atoms with E-state index < -0.39 is 12.0 Å². The van der Waals surface area contributed by atoms with Gasteiger partial charge in [0.25, 0.3) is 0 Å². The SMILES string of the molecule is O=C(O)C1C2CCCC2CN1Cc1cc(Br)ccc1F. The predicted molar refractivity (Wildman–Crippen MR) is 76.8 cm³/mol. The number of carboxylic acid groups (broad SMARTS) is 1. The third-order valence-electron chi connectivity index (χ3n) is 4.62. The molecule has 2 fully saturated rings. The number of carboxylic acids is 1. The molecule has 108 valence electrons. The van der Waals surface area contributed by atoms with Gasteiger partial charge in [-0.15, -0.1) is 0 Å². The van der Waals surface area contributed by atoms with Gasteiger partial charge in [-0.25, -0.2) is 4.39 Å². The first-order chi connectivity index (χ1) is 9.56. The number of benzene rings is 1. The maximum Gasteiger partial charge on any atom is 0.321 e. The molecular formula is C15H17BrFNO2. The van der Waals surface area contributed by atoms with E-state index in [1.165, 1.54) is 6.07 Å². The summed E-state index contributed by atoms with van der Waals surface area (Å²) in [4.78, 5) is 13.5. The zero-order valence-corrected chi connectivity index (χ0v) is 12.6. The molecule has 20 heavy (non-hydrogen) atoms. The van der Waals surface area contributed by atoms with Crippen molar-refractivity contribution in [1.29, 1.82) is 0 Å². The van der Waals surface area contributed by atoms with Crippen molar-refractivity contribution >= 4 is 21.9 Å². The van der Waals surface area contributed by atoms with Gasteiger partial charge in [0.2, 0.25) is 0 Å². The molecule has 2 aliphatic rings. The first-order valence-electron chi connectivity index (χ1n) is 6.97. The summed E-state index contributed by atoms with van der Waals surface area (Å²) < 4.78 is 14.7. The average molecular weight is 342 g/mol. The normalized spacial score (nSPS) is 29.6. The van der Waals surface area contributed by atoms with Gasteiger partial charge in [-0.05, 0) is 42.9 Å². The van der Waals surface area contributed by atoms with Crippen molar-refractivity contribution < 1.29 is 14.3 Å². The third-order valence-corrected chi connectivity index (χ3v) is 5.11. The smallest absolute Gasteiger partial charge is 0.321 e. The van der Waals surface area contributed by atoms with Crippen molar-refractivity contribution in [2.75, 3.05) is 6.54 Å². The minimum atomic E-state index is -0.769. The molecule has 0 bridgehead atoms. The highest BCUT2D eigenvalue weighted by molar-refractivity contribution is 9.10. The number of halogens is 2. The summed E-state index contributed by atoms with van der Waals surface area (Å²) in [6.07, 6.45) is 3.21. The molecule has 0 amide bonds. The van der Waals surface area contributed by atoms with E-state index in [9.17, 15) is 14.3 Å². The number of fused-ring (bicyclic) bond motifs is 1. The van der Waals surface area contributed by atoms with E-state index in [1.807, 2.05) is 4.90 Å². The first kappa shape index (κ1) is 14.0. The highest BCUT2D eigenvalue weighted by Crippen LogP contribution is 2.42. The van der Waals surface area contributed by atoms with Crippen molar-refractivity contribution in [2.45, 2.75) is 31.8 Å². The number of likely N-dealkylation sites (tertiary alicyclic amines) is 1. The lowest BCUT2D eigenvalue weighted by Gasteiger charge is -2.24. The Bertz CT molecular complexity index is 537. The van der Waals surface area contributed by atoms with Gasteiger partial charge in [-0.1, -0.05) is 22.4 Å². The van der Waals surface area contributed by atoms with Gasteiger partial charge in [0.1, 0.15) is 11.9 Å². The Morgan fingerprint density at radius 3 is 3.00 bits per heavy atom. The van der Waals surface area contributed by atoms with Crippen molar-refractivity contribution in [3.63, 3.8) is 0 Å². The maximum atomic E-state index is 13.8. The minimum Gasteiger partial charge on any atom is -0.480 e. The van der Waals surface area contributed by atoms with Crippen LogP contribution in [0.15, 0.2) is 22.7 Å². The minimum absolute atomic E-state index is 0.239. The Balaban J connectivity index is 1.82. The molecule has 1 aliphatic heterocycles. The number of rotatable bonds is 3. The molecule has 0 aromatic heterocycles. The lowest BCUT2D eigenvalue weighted by molar-refractivity contribution is -0.143. The van der Waals surface area contributed by atoms with Crippen molar-refractivity contribution in [3.8, 4) is 0 Å². The fourth-order valence-corrected chi connectivity index (χ4v) is 4.19. The summed E-state index contributed by atoms with van der Waals surface area (Å²) in [5.41, 5.74) is 0.561. The van der Waals surface area contributed by atoms with Crippen LogP contribution in [0.4, 0.5) is 4.39 Å². The van der Waals surface area contributed by atoms with Crippen LogP contribution in [-0.2, 0) is 11.3 Å². The lowest BCUT2D eigenvalue weighted by Crippen LogP contribution is -2.39. The average Bonchev–Trinajstić information content (AvgIpc) is 2.93. The Labute approximate surface area is 125 Å². The molecule has 1 heterocycles. The van der Waals surface area contributed by atoms with Crippen LogP contribution in [0, 0.1) is 17.7 Å². The van der Waals surface area contributed by atoms with E-state index in [2.05, 4.69) is 15.9 Å². The molecule has 3 nitrogen and oxygen atoms in total. The Kier molecular flexibility index (Phi) is 3.82. The number of hydrogen-bond donors (Lipinski definition) is 1. The summed E-state index contributed by atoms with van der Waals surface area (Å²) >= 11 is 3.34. The number of hydrogen-bond acceptors (Lipinski definition) is 2. The quantitative estimate of drug-likeness (QED) is 0.917. The van der Waals surface area contributed by atoms with Gasteiger partial charge < -0.3 is 5.11 Å². The molecule has 1 aromatic rings. The third kappa shape index (κ3) is 2.49. The van der Waals surface area contributed by atoms with Crippen molar-refractivity contribution in [3.05, 3.63) is 34.1 Å². The fourth-order valence-electron chi connectivity index (χ4n) is 3.78. The Morgan fingerprint density at radius 1 is 1.45 bits per heavy atom. The largest absolute Gasteiger partial charge is 0.480 e. The van der Waals surface area contributed by atoms with E-state index in [1.54, 1.807) is 12.1 Å². The molecule has 0 spiro atoms. The topological polar surface area (TPSA) is 40.5 Å². The van der Waals surface area contributed by atoms with Crippen LogP contribution in [0.1, 0.15) is 24.8 Å². The molecule has 3 atom stereocenters. The van der Waals surface area contributed by atoms with E-state index in [0.717, 1.165) is 30.3 Å². The standard InChI is InChI=1S/C15H17BrFNO2/c16-11-4-5-13(17)10(6-11)8-18-7-9-2-1-3-12(9)14(18)15(19)20/h4-6,9,12,14H,1-3,7-8H2,(H,19,20). The summed E-state index contributed by atoms with van der Waals surface area (Å²) in [7, 11) is 0. The van der Waals surface area contributed by atoms with Crippen LogP contribution < -0.4 is 0 Å². The van der Waals surface area contributed by atoms with Crippen LogP contribution in [0.2, 0.25) is 0 Å². The second kappa shape index (κ2) is 5.45. The van der Waals surface area contributed by atoms with Crippen LogP contribution in [0.3, 0.4) is 0 Å². The summed E-state index contributed by atoms with van der Waals surface area (Å²) in [5, 5.41) is 9.49. The maximum absolute atomic E-state index is 13.8. The zero-order valence-electron chi connectivity index (χ0n) is 11.1. The van der Waals surface area contributed by atoms with Gasteiger partial charge in [0.05, 0.1) is 0 Å². The molecule has 1 saturated heterocycles. The molecule has 1 aromatic carbocycles. The second-order valence-corrected chi connectivity index (χ2v) is 6.72. The van der Waals surface area contributed by atoms with E-state index in [4.69, 9.17) is 0 Å². The van der Waals surface area contributed by atoms with Gasteiger partial charge in [0.15, 0.2) is 0 Å². The second-order valence-electron chi connectivity index (χ2n) is 5.80. The molecule has 1 N–H and O–H groups in total. The van der Waals surface area contributed by atoms with Crippen molar-refractivity contribution in [1.82, 2.24) is 4.90 Å². The fraction of sp³-hybridized carbons (Fsp3) is 0.533. The molecular weight excluding hydrogens is 325 g/mol. The van der Waals surface area contributed by atoms with Gasteiger partial charge in [-0.2, -0.15) is 0 Å². The molecule has 1 aliphatic carbocycles. The molecule has 5 heteroatoms. The number of carbonyl (C=O) groups is 1. The van der Waals surface area contributed by atoms with E-state index in [-0.39, 0.29) is 11.7 Å². The highest BCUT2D eigenvalue weighted by atomic mass is 79.9. The van der Waals surface area contributed by atoms with Crippen LogP contribution in [0.25, 0.3) is 0 Å². The van der Waals surface area contributed by atoms with Crippen LogP contribution in [-0.4, -0.2) is 28.6 Å². The van der Waals surface area contributed by atoms with Crippen molar-refractivity contribution in [2.24, 2.45) is 11.8 Å². The van der Waals surface area contributed by atoms with E-state index >= 15 is 0 Å². The molecule has 3 unspecified atom stereocenters. The van der Waals surface area contributed by atoms with Gasteiger partial charge in [-0.3, -0.25) is 9.69 Å². The van der Waals surface area contributed by atoms with Gasteiger partial charge in [0, 0.05) is 23.1 Å². The highest BCUT2D eigenvalue weighted by Gasteiger charge is 2.47. The number of aliphatic carboxylic acids is 1. The summed E-state index contributed by atoms with van der Waals surface area (Å²) in [6.45, 7) is 1.14. The monoisotopic (exact) mass is 341 g/mol. The number of nitrogens with zero attached hydrogens (tertiary/aromatic N) is 1. The summed E-state index contributed by atoms with van der Waals surface area (Å²) in [6, 6.07) is 4.36. The van der Waals surface area contributed by atoms with Gasteiger partial charge >= 0.3 is 5.97 Å². The lowest BCUT2D eigenvalue weighted by atomic mass is 9.94. The molecule has 3 rings (SSSR count).